The average molecular weight is 407 g/mol. The minimum atomic E-state index is -0.567. The molecule has 0 amide bonds. The number of ether oxygens (including phenoxy) is 1. The van der Waals surface area contributed by atoms with Crippen LogP contribution in [0.4, 0.5) is 0 Å². The lowest BCUT2D eigenvalue weighted by Gasteiger charge is -2.08. The van der Waals surface area contributed by atoms with Crippen LogP contribution < -0.4 is 11.2 Å². The molecule has 0 aliphatic heterocycles. The summed E-state index contributed by atoms with van der Waals surface area (Å²) in [6.45, 7) is 0.264. The molecule has 0 fully saturated rings. The molecule has 0 saturated carbocycles. The van der Waals surface area contributed by atoms with Gasteiger partial charge >= 0.3 is 11.7 Å². The van der Waals surface area contributed by atoms with Crippen LogP contribution in [0.1, 0.15) is 22.5 Å². The van der Waals surface area contributed by atoms with E-state index in [0.717, 1.165) is 16.7 Å². The Morgan fingerprint density at radius 3 is 2.72 bits per heavy atom. The van der Waals surface area contributed by atoms with Gasteiger partial charge in [0.15, 0.2) is 0 Å². The Balaban J connectivity index is 1.54. The van der Waals surface area contributed by atoms with Gasteiger partial charge in [-0.15, -0.1) is 11.3 Å². The molecule has 0 unspecified atom stereocenters. The minimum absolute atomic E-state index is 0.264. The van der Waals surface area contributed by atoms with Gasteiger partial charge in [-0.3, -0.25) is 4.79 Å². The van der Waals surface area contributed by atoms with E-state index in [2.05, 4.69) is 9.97 Å². The quantitative estimate of drug-likeness (QED) is 0.392. The fourth-order valence-electron chi connectivity index (χ4n) is 3.02. The normalized spacial score (nSPS) is 10.9. The lowest BCUT2D eigenvalue weighted by Crippen LogP contribution is -2.33. The zero-order chi connectivity index (χ0) is 20.2. The van der Waals surface area contributed by atoms with Crippen molar-refractivity contribution in [2.45, 2.75) is 12.8 Å². The highest BCUT2D eigenvalue weighted by Crippen LogP contribution is 2.12. The van der Waals surface area contributed by atoms with E-state index in [4.69, 9.17) is 4.74 Å². The molecule has 0 aliphatic carbocycles. The van der Waals surface area contributed by atoms with Crippen LogP contribution in [0.2, 0.25) is 0 Å². The molecule has 8 heteroatoms. The molecule has 2 heterocycles. The van der Waals surface area contributed by atoms with Crippen molar-refractivity contribution in [3.8, 4) is 5.69 Å². The number of benzene rings is 2. The number of aryl methyl sites for hydroxylation is 1. The summed E-state index contributed by atoms with van der Waals surface area (Å²) in [7, 11) is 0. The zero-order valence-electron chi connectivity index (χ0n) is 15.3. The van der Waals surface area contributed by atoms with Gasteiger partial charge in [0.2, 0.25) is 0 Å². The number of thiazole rings is 1. The van der Waals surface area contributed by atoms with Crippen molar-refractivity contribution in [1.29, 1.82) is 0 Å². The number of aromatic amines is 1. The number of nitrogens with zero attached hydrogens (tertiary/aromatic N) is 2. The standard InChI is InChI=1S/C21H17N3O4S/c25-19-17-9-8-14(20(26)28-10-4-5-15-12-29-13-22-15)11-18(17)23-21(27)24(19)16-6-2-1-3-7-16/h1-3,6-9,11-13H,4-5,10H2,(H,23,27). The van der Waals surface area contributed by atoms with Crippen LogP contribution in [0.25, 0.3) is 16.6 Å². The van der Waals surface area contributed by atoms with E-state index < -0.39 is 17.2 Å². The van der Waals surface area contributed by atoms with E-state index >= 15 is 0 Å². The molecule has 0 spiro atoms. The number of aromatic nitrogens is 3. The largest absolute Gasteiger partial charge is 0.462 e. The van der Waals surface area contributed by atoms with Gasteiger partial charge in [-0.1, -0.05) is 18.2 Å². The smallest absolute Gasteiger partial charge is 0.338 e. The van der Waals surface area contributed by atoms with Crippen LogP contribution in [0.15, 0.2) is 69.0 Å². The van der Waals surface area contributed by atoms with Crippen LogP contribution in [0, 0.1) is 0 Å². The first kappa shape index (κ1) is 18.8. The van der Waals surface area contributed by atoms with Crippen LogP contribution >= 0.6 is 11.3 Å². The third kappa shape index (κ3) is 4.02. The second-order valence-electron chi connectivity index (χ2n) is 6.39. The van der Waals surface area contributed by atoms with E-state index in [1.165, 1.54) is 29.5 Å². The number of rotatable bonds is 6. The topological polar surface area (TPSA) is 94.0 Å². The first-order valence-electron chi connectivity index (χ1n) is 9.02. The van der Waals surface area contributed by atoms with E-state index in [-0.39, 0.29) is 12.2 Å². The second-order valence-corrected chi connectivity index (χ2v) is 7.10. The molecular formula is C21H17N3O4S. The van der Waals surface area contributed by atoms with Crippen molar-refractivity contribution >= 4 is 28.2 Å². The Hall–Kier alpha value is -3.52. The number of hydrogen-bond acceptors (Lipinski definition) is 6. The average Bonchev–Trinajstić information content (AvgIpc) is 3.25. The molecule has 0 aliphatic rings. The second kappa shape index (κ2) is 8.24. The predicted octanol–water partition coefficient (Wildman–Crippen LogP) is 2.93. The molecule has 0 atom stereocenters. The summed E-state index contributed by atoms with van der Waals surface area (Å²) in [4.78, 5) is 44.4. The molecule has 29 heavy (non-hydrogen) atoms. The molecule has 2 aromatic carbocycles. The van der Waals surface area contributed by atoms with Gasteiger partial charge < -0.3 is 9.72 Å². The molecule has 0 saturated heterocycles. The van der Waals surface area contributed by atoms with E-state index in [1.54, 1.807) is 35.8 Å². The molecule has 146 valence electrons. The summed E-state index contributed by atoms with van der Waals surface area (Å²) < 4.78 is 6.36. The van der Waals surface area contributed by atoms with Gasteiger partial charge in [-0.05, 0) is 43.2 Å². The maximum Gasteiger partial charge on any atom is 0.338 e. The summed E-state index contributed by atoms with van der Waals surface area (Å²) in [6, 6.07) is 13.2. The Kier molecular flexibility index (Phi) is 5.35. The van der Waals surface area contributed by atoms with Gasteiger partial charge in [0.05, 0.1) is 40.0 Å². The number of carbonyl (C=O) groups is 1. The van der Waals surface area contributed by atoms with Gasteiger partial charge in [0, 0.05) is 5.38 Å². The van der Waals surface area contributed by atoms with Gasteiger partial charge in [-0.25, -0.2) is 19.1 Å². The van der Waals surface area contributed by atoms with Crippen molar-refractivity contribution in [1.82, 2.24) is 14.5 Å². The van der Waals surface area contributed by atoms with Crippen LogP contribution in [-0.4, -0.2) is 27.1 Å². The maximum absolute atomic E-state index is 12.8. The first-order chi connectivity index (χ1) is 14.1. The minimum Gasteiger partial charge on any atom is -0.462 e. The summed E-state index contributed by atoms with van der Waals surface area (Å²) in [6.07, 6.45) is 1.41. The summed E-state index contributed by atoms with van der Waals surface area (Å²) in [5, 5.41) is 2.28. The fraction of sp³-hybridized carbons (Fsp3) is 0.143. The van der Waals surface area contributed by atoms with Crippen LogP contribution in [0.3, 0.4) is 0 Å². The fourth-order valence-corrected chi connectivity index (χ4v) is 3.61. The number of fused-ring (bicyclic) bond motifs is 1. The molecule has 4 aromatic rings. The molecule has 2 aromatic heterocycles. The number of H-pyrrole nitrogens is 1. The lowest BCUT2D eigenvalue weighted by atomic mass is 10.1. The number of hydrogen-bond donors (Lipinski definition) is 1. The van der Waals surface area contributed by atoms with E-state index in [0.29, 0.717) is 23.0 Å². The Morgan fingerprint density at radius 1 is 1.14 bits per heavy atom. The van der Waals surface area contributed by atoms with E-state index in [1.807, 2.05) is 5.38 Å². The monoisotopic (exact) mass is 407 g/mol. The third-order valence-corrected chi connectivity index (χ3v) is 5.08. The first-order valence-corrected chi connectivity index (χ1v) is 9.96. The molecule has 0 bridgehead atoms. The predicted molar refractivity (Wildman–Crippen MR) is 111 cm³/mol. The van der Waals surface area contributed by atoms with Crippen LogP contribution in [-0.2, 0) is 11.2 Å². The van der Waals surface area contributed by atoms with Gasteiger partial charge in [-0.2, -0.15) is 0 Å². The number of para-hydroxylation sites is 1. The SMILES string of the molecule is O=C(OCCCc1cscn1)c1ccc2c(=O)n(-c3ccccc3)c(=O)[nH]c2c1. The Bertz CT molecular complexity index is 1260. The lowest BCUT2D eigenvalue weighted by molar-refractivity contribution is 0.0500. The molecule has 7 nitrogen and oxygen atoms in total. The highest BCUT2D eigenvalue weighted by molar-refractivity contribution is 7.07. The molecule has 4 rings (SSSR count). The molecular weight excluding hydrogens is 390 g/mol. The number of esters is 1. The summed E-state index contributed by atoms with van der Waals surface area (Å²) >= 11 is 1.53. The number of nitrogens with one attached hydrogen (secondary N) is 1. The van der Waals surface area contributed by atoms with Crippen molar-refractivity contribution < 1.29 is 9.53 Å². The Labute approximate surface area is 169 Å². The number of carbonyl (C=O) groups excluding carboxylic acids is 1. The third-order valence-electron chi connectivity index (χ3n) is 4.44. The van der Waals surface area contributed by atoms with Gasteiger partial charge in [0.1, 0.15) is 0 Å². The zero-order valence-corrected chi connectivity index (χ0v) is 16.1. The van der Waals surface area contributed by atoms with E-state index in [9.17, 15) is 14.4 Å². The van der Waals surface area contributed by atoms with Crippen LogP contribution in [0.5, 0.6) is 0 Å². The molecule has 0 radical (unpaired) electrons. The Morgan fingerprint density at radius 2 is 1.97 bits per heavy atom. The summed E-state index contributed by atoms with van der Waals surface area (Å²) in [5.41, 5.74) is 2.78. The summed E-state index contributed by atoms with van der Waals surface area (Å²) in [5.74, 6) is -0.502. The van der Waals surface area contributed by atoms with Gasteiger partial charge in [0.25, 0.3) is 5.56 Å². The van der Waals surface area contributed by atoms with Crippen molar-refractivity contribution in [2.24, 2.45) is 0 Å². The highest BCUT2D eigenvalue weighted by atomic mass is 32.1. The van der Waals surface area contributed by atoms with Crippen molar-refractivity contribution in [3.63, 3.8) is 0 Å². The maximum atomic E-state index is 12.8. The van der Waals surface area contributed by atoms with Crippen molar-refractivity contribution in [2.75, 3.05) is 6.61 Å². The molecule has 1 N–H and O–H groups in total. The highest BCUT2D eigenvalue weighted by Gasteiger charge is 2.13. The van der Waals surface area contributed by atoms with Crippen molar-refractivity contribution in [3.05, 3.63) is 91.5 Å².